The first kappa shape index (κ1) is 24.0. The van der Waals surface area contributed by atoms with Gasteiger partial charge in [0.15, 0.2) is 5.79 Å². The smallest absolute Gasteiger partial charge is 0.171 e. The molecular formula is C30H43NO4. The minimum atomic E-state index is -0.804. The van der Waals surface area contributed by atoms with Gasteiger partial charge in [-0.25, -0.2) is 0 Å². The van der Waals surface area contributed by atoms with Gasteiger partial charge >= 0.3 is 0 Å². The molecule has 0 radical (unpaired) electrons. The van der Waals surface area contributed by atoms with Crippen molar-refractivity contribution in [2.45, 2.75) is 88.6 Å². The van der Waals surface area contributed by atoms with Crippen LogP contribution in [0.5, 0.6) is 0 Å². The highest BCUT2D eigenvalue weighted by Gasteiger charge is 2.60. The van der Waals surface area contributed by atoms with Crippen molar-refractivity contribution in [2.24, 2.45) is 17.3 Å². The molecule has 1 saturated heterocycles. The van der Waals surface area contributed by atoms with Crippen LogP contribution in [-0.2, 0) is 14.2 Å². The van der Waals surface area contributed by atoms with Crippen LogP contribution in [-0.4, -0.2) is 56.5 Å². The first-order valence-electron chi connectivity index (χ1n) is 13.9. The average Bonchev–Trinajstić information content (AvgIpc) is 3.42. The zero-order valence-corrected chi connectivity index (χ0v) is 22.0. The third-order valence-electron chi connectivity index (χ3n) is 10.3. The molecule has 192 valence electrons. The Labute approximate surface area is 210 Å². The average molecular weight is 482 g/mol. The van der Waals surface area contributed by atoms with Gasteiger partial charge in [0.25, 0.3) is 0 Å². The summed E-state index contributed by atoms with van der Waals surface area (Å²) in [5, 5.41) is 12.1. The van der Waals surface area contributed by atoms with Crippen molar-refractivity contribution in [1.82, 2.24) is 0 Å². The summed E-state index contributed by atoms with van der Waals surface area (Å²) in [5.41, 5.74) is 4.88. The van der Waals surface area contributed by atoms with E-state index in [0.29, 0.717) is 43.5 Å². The zero-order chi connectivity index (χ0) is 24.4. The molecule has 1 heterocycles. The third kappa shape index (κ3) is 3.72. The summed E-state index contributed by atoms with van der Waals surface area (Å²) >= 11 is 0. The summed E-state index contributed by atoms with van der Waals surface area (Å²) < 4.78 is 18.5. The molecule has 1 spiro atoms. The number of nitrogens with zero attached hydrogens (tertiary/aromatic N) is 1. The lowest BCUT2D eigenvalue weighted by Gasteiger charge is -2.56. The second-order valence-corrected chi connectivity index (χ2v) is 12.3. The minimum absolute atomic E-state index is 0.179. The van der Waals surface area contributed by atoms with Crippen LogP contribution in [0.2, 0.25) is 0 Å². The van der Waals surface area contributed by atoms with Crippen LogP contribution >= 0.6 is 0 Å². The Bertz CT molecular complexity index is 981. The lowest BCUT2D eigenvalue weighted by atomic mass is 9.51. The third-order valence-corrected chi connectivity index (χ3v) is 10.3. The van der Waals surface area contributed by atoms with Crippen molar-refractivity contribution in [3.05, 3.63) is 41.0 Å². The van der Waals surface area contributed by atoms with Crippen molar-refractivity contribution in [3.8, 4) is 0 Å². The van der Waals surface area contributed by atoms with E-state index in [1.165, 1.54) is 23.2 Å². The molecule has 5 aliphatic rings. The second kappa shape index (κ2) is 8.58. The Balaban J connectivity index is 1.44. The van der Waals surface area contributed by atoms with Gasteiger partial charge in [0.2, 0.25) is 0 Å². The number of aliphatic hydroxyl groups is 1. The monoisotopic (exact) mass is 481 g/mol. The minimum Gasteiger partial charge on any atom is -0.385 e. The van der Waals surface area contributed by atoms with Crippen LogP contribution < -0.4 is 4.90 Å². The molecule has 4 fully saturated rings. The molecule has 1 aromatic carbocycles. The van der Waals surface area contributed by atoms with Gasteiger partial charge in [0.1, 0.15) is 0 Å². The SMILES string of the molecule is CCO[C@@H]1CC[C@@H]2[C@@H]3CC[C@@]4(O)CC5(CCC4=C3[C@@H](c3ccc(N(C)C)cc3)C[C@@]21C)OCCO5. The molecule has 6 rings (SSSR count). The molecule has 1 N–H and O–H groups in total. The Morgan fingerprint density at radius 2 is 1.80 bits per heavy atom. The van der Waals surface area contributed by atoms with E-state index < -0.39 is 11.4 Å². The van der Waals surface area contributed by atoms with E-state index in [2.05, 4.69) is 57.1 Å². The molecule has 0 amide bonds. The summed E-state index contributed by atoms with van der Waals surface area (Å²) in [6, 6.07) is 9.17. The number of hydrogen-bond donors (Lipinski definition) is 1. The van der Waals surface area contributed by atoms with E-state index in [4.69, 9.17) is 14.2 Å². The molecular weight excluding hydrogens is 438 g/mol. The van der Waals surface area contributed by atoms with Crippen molar-refractivity contribution < 1.29 is 19.3 Å². The topological polar surface area (TPSA) is 51.2 Å². The van der Waals surface area contributed by atoms with E-state index >= 15 is 0 Å². The molecule has 5 heteroatoms. The van der Waals surface area contributed by atoms with Crippen molar-refractivity contribution in [1.29, 1.82) is 0 Å². The fourth-order valence-electron chi connectivity index (χ4n) is 8.74. The highest BCUT2D eigenvalue weighted by Crippen LogP contribution is 2.66. The van der Waals surface area contributed by atoms with Gasteiger partial charge in [-0.3, -0.25) is 0 Å². The zero-order valence-electron chi connectivity index (χ0n) is 22.0. The molecule has 1 aliphatic heterocycles. The molecule has 4 aliphatic carbocycles. The lowest BCUT2D eigenvalue weighted by molar-refractivity contribution is -0.208. The number of anilines is 1. The maximum atomic E-state index is 12.1. The second-order valence-electron chi connectivity index (χ2n) is 12.3. The summed E-state index contributed by atoms with van der Waals surface area (Å²) in [6.45, 7) is 6.71. The van der Waals surface area contributed by atoms with E-state index in [1.807, 2.05) is 0 Å². The van der Waals surface area contributed by atoms with Gasteiger partial charge in [-0.2, -0.15) is 0 Å². The summed E-state index contributed by atoms with van der Waals surface area (Å²) in [6.07, 6.45) is 8.04. The van der Waals surface area contributed by atoms with Crippen molar-refractivity contribution in [2.75, 3.05) is 38.8 Å². The Morgan fingerprint density at radius 3 is 2.49 bits per heavy atom. The van der Waals surface area contributed by atoms with Gasteiger partial charge in [-0.05, 0) is 86.0 Å². The summed E-state index contributed by atoms with van der Waals surface area (Å²) in [5.74, 6) is 0.927. The maximum absolute atomic E-state index is 12.1. The normalized spacial score (nSPS) is 39.9. The quantitative estimate of drug-likeness (QED) is 0.582. The Hall–Kier alpha value is -1.40. The number of allylic oxidation sites excluding steroid dienone is 1. The number of ether oxygens (including phenoxy) is 3. The number of hydrogen-bond acceptors (Lipinski definition) is 5. The summed E-state index contributed by atoms with van der Waals surface area (Å²) in [4.78, 5) is 2.16. The predicted molar refractivity (Wildman–Crippen MR) is 138 cm³/mol. The number of fused-ring (bicyclic) bond motifs is 4. The van der Waals surface area contributed by atoms with Crippen LogP contribution in [0.15, 0.2) is 35.4 Å². The first-order valence-corrected chi connectivity index (χ1v) is 13.9. The highest BCUT2D eigenvalue weighted by molar-refractivity contribution is 5.50. The molecule has 6 atom stereocenters. The maximum Gasteiger partial charge on any atom is 0.171 e. The van der Waals surface area contributed by atoms with E-state index in [-0.39, 0.29) is 5.41 Å². The van der Waals surface area contributed by atoms with E-state index in [1.54, 1.807) is 5.57 Å². The number of benzene rings is 1. The Morgan fingerprint density at radius 1 is 1.06 bits per heavy atom. The highest BCUT2D eigenvalue weighted by atomic mass is 16.7. The lowest BCUT2D eigenvalue weighted by Crippen LogP contribution is -2.53. The first-order chi connectivity index (χ1) is 16.8. The largest absolute Gasteiger partial charge is 0.385 e. The molecule has 0 unspecified atom stereocenters. The van der Waals surface area contributed by atoms with Crippen LogP contribution in [0.1, 0.15) is 76.7 Å². The standard InChI is InChI=1S/C30H43NO4/c1-5-33-26-11-10-24-22-12-14-29(32)19-30(34-16-17-35-30)15-13-25(29)27(22)23(18-28(24,26)2)20-6-8-21(9-7-20)31(3)4/h6-9,22-24,26,32H,5,10-19H2,1-4H3/t22-,23+,24+,26+,28-,29+/m0/s1. The number of rotatable bonds is 4. The molecule has 0 bridgehead atoms. The fraction of sp³-hybridized carbons (Fsp3) is 0.733. The van der Waals surface area contributed by atoms with E-state index in [0.717, 1.165) is 45.1 Å². The summed E-state index contributed by atoms with van der Waals surface area (Å²) in [7, 11) is 4.19. The molecule has 1 aromatic rings. The predicted octanol–water partition coefficient (Wildman–Crippen LogP) is 5.43. The van der Waals surface area contributed by atoms with Crippen LogP contribution in [0, 0.1) is 17.3 Å². The molecule has 35 heavy (non-hydrogen) atoms. The van der Waals surface area contributed by atoms with Crippen LogP contribution in [0.4, 0.5) is 5.69 Å². The molecule has 5 nitrogen and oxygen atoms in total. The van der Waals surface area contributed by atoms with Crippen molar-refractivity contribution in [3.63, 3.8) is 0 Å². The van der Waals surface area contributed by atoms with Gasteiger partial charge in [0, 0.05) is 45.1 Å². The van der Waals surface area contributed by atoms with Crippen LogP contribution in [0.25, 0.3) is 0 Å². The van der Waals surface area contributed by atoms with Gasteiger partial charge in [0.05, 0.1) is 24.9 Å². The molecule has 3 saturated carbocycles. The van der Waals surface area contributed by atoms with Gasteiger partial charge < -0.3 is 24.2 Å². The van der Waals surface area contributed by atoms with Gasteiger partial charge in [-0.15, -0.1) is 0 Å². The fourth-order valence-corrected chi connectivity index (χ4v) is 8.74. The Kier molecular flexibility index (Phi) is 5.87. The molecule has 0 aromatic heterocycles. The van der Waals surface area contributed by atoms with Crippen LogP contribution in [0.3, 0.4) is 0 Å². The van der Waals surface area contributed by atoms with Crippen molar-refractivity contribution >= 4 is 5.69 Å². The van der Waals surface area contributed by atoms with Gasteiger partial charge in [-0.1, -0.05) is 24.6 Å². The van der Waals surface area contributed by atoms with E-state index in [9.17, 15) is 5.11 Å².